The minimum absolute atomic E-state index is 0.112. The topological polar surface area (TPSA) is 61.2 Å². The van der Waals surface area contributed by atoms with Crippen molar-refractivity contribution in [3.8, 4) is 11.5 Å². The van der Waals surface area contributed by atoms with Crippen LogP contribution in [0.4, 0.5) is 5.95 Å². The maximum Gasteiger partial charge on any atom is 0.222 e. The Morgan fingerprint density at radius 3 is 2.56 bits per heavy atom. The summed E-state index contributed by atoms with van der Waals surface area (Å²) in [6.45, 7) is 0. The molecule has 6 nitrogen and oxygen atoms in total. The molecule has 2 aromatic carbocycles. The van der Waals surface area contributed by atoms with Gasteiger partial charge in [-0.15, -0.1) is 0 Å². The standard InChI is InChI=1S/C19H20N4O2/c1-24-15-8-6-13(7-9-15)18-11-17(22-19-20-12-21-23(18)19)14-4-3-5-16(10-14)25-2/h3-10,12,17-18H,11H2,1-2H3,(H,20,21,22)/t17-,18-/m1/s1. The van der Waals surface area contributed by atoms with Crippen LogP contribution in [-0.4, -0.2) is 29.0 Å². The Kier molecular flexibility index (Phi) is 4.01. The Morgan fingerprint density at radius 1 is 1.00 bits per heavy atom. The zero-order valence-corrected chi connectivity index (χ0v) is 14.2. The summed E-state index contributed by atoms with van der Waals surface area (Å²) in [5, 5.41) is 7.88. The van der Waals surface area contributed by atoms with Gasteiger partial charge in [0.15, 0.2) is 0 Å². The molecule has 1 aliphatic rings. The van der Waals surface area contributed by atoms with Gasteiger partial charge in [0.1, 0.15) is 17.8 Å². The van der Waals surface area contributed by atoms with Crippen LogP contribution in [0.1, 0.15) is 29.6 Å². The molecule has 0 aliphatic carbocycles. The van der Waals surface area contributed by atoms with Crippen LogP contribution in [0.25, 0.3) is 0 Å². The Morgan fingerprint density at radius 2 is 1.80 bits per heavy atom. The lowest BCUT2D eigenvalue weighted by Crippen LogP contribution is -2.28. The third kappa shape index (κ3) is 2.91. The monoisotopic (exact) mass is 336 g/mol. The molecule has 0 saturated carbocycles. The van der Waals surface area contributed by atoms with Gasteiger partial charge in [-0.25, -0.2) is 4.68 Å². The molecule has 25 heavy (non-hydrogen) atoms. The molecule has 1 aromatic heterocycles. The Bertz CT molecular complexity index is 860. The molecule has 1 aliphatic heterocycles. The molecule has 0 radical (unpaired) electrons. The average Bonchev–Trinajstić information content (AvgIpc) is 3.16. The molecule has 0 saturated heterocycles. The molecule has 1 N–H and O–H groups in total. The van der Waals surface area contributed by atoms with Crippen LogP contribution >= 0.6 is 0 Å². The van der Waals surface area contributed by atoms with Crippen LogP contribution in [0, 0.1) is 0 Å². The number of benzene rings is 2. The van der Waals surface area contributed by atoms with E-state index in [1.54, 1.807) is 20.5 Å². The zero-order valence-electron chi connectivity index (χ0n) is 14.2. The minimum atomic E-state index is 0.112. The molecule has 128 valence electrons. The molecule has 0 fully saturated rings. The van der Waals surface area contributed by atoms with E-state index in [9.17, 15) is 0 Å². The number of nitrogens with zero attached hydrogens (tertiary/aromatic N) is 3. The predicted molar refractivity (Wildman–Crippen MR) is 95.1 cm³/mol. The maximum absolute atomic E-state index is 5.36. The van der Waals surface area contributed by atoms with Crippen LogP contribution in [0.2, 0.25) is 0 Å². The van der Waals surface area contributed by atoms with Gasteiger partial charge in [0.25, 0.3) is 0 Å². The van der Waals surface area contributed by atoms with E-state index in [1.807, 2.05) is 28.9 Å². The van der Waals surface area contributed by atoms with Crippen molar-refractivity contribution >= 4 is 5.95 Å². The molecule has 4 rings (SSSR count). The number of fused-ring (bicyclic) bond motifs is 1. The lowest BCUT2D eigenvalue weighted by Gasteiger charge is -2.32. The van der Waals surface area contributed by atoms with E-state index in [0.29, 0.717) is 0 Å². The van der Waals surface area contributed by atoms with Crippen LogP contribution in [0.5, 0.6) is 11.5 Å². The van der Waals surface area contributed by atoms with E-state index in [0.717, 1.165) is 23.9 Å². The van der Waals surface area contributed by atoms with Crippen molar-refractivity contribution in [3.63, 3.8) is 0 Å². The second-order valence-corrected chi connectivity index (χ2v) is 6.03. The molecule has 3 aromatic rings. The van der Waals surface area contributed by atoms with Crippen molar-refractivity contribution < 1.29 is 9.47 Å². The molecular formula is C19H20N4O2. The van der Waals surface area contributed by atoms with E-state index in [4.69, 9.17) is 9.47 Å². The smallest absolute Gasteiger partial charge is 0.222 e. The first-order valence-electron chi connectivity index (χ1n) is 8.22. The summed E-state index contributed by atoms with van der Waals surface area (Å²) in [4.78, 5) is 4.37. The van der Waals surface area contributed by atoms with Gasteiger partial charge in [-0.1, -0.05) is 24.3 Å². The summed E-state index contributed by atoms with van der Waals surface area (Å²) in [6.07, 6.45) is 2.46. The van der Waals surface area contributed by atoms with Gasteiger partial charge in [0, 0.05) is 0 Å². The lowest BCUT2D eigenvalue weighted by molar-refractivity contribution is 0.408. The first-order chi connectivity index (χ1) is 12.3. The fourth-order valence-electron chi connectivity index (χ4n) is 3.30. The highest BCUT2D eigenvalue weighted by molar-refractivity contribution is 5.41. The van der Waals surface area contributed by atoms with Crippen LogP contribution in [0.15, 0.2) is 54.9 Å². The second-order valence-electron chi connectivity index (χ2n) is 6.03. The first-order valence-corrected chi connectivity index (χ1v) is 8.22. The second kappa shape index (κ2) is 6.47. The van der Waals surface area contributed by atoms with Gasteiger partial charge in [0.2, 0.25) is 5.95 Å². The average molecular weight is 336 g/mol. The maximum atomic E-state index is 5.36. The van der Waals surface area contributed by atoms with Crippen molar-refractivity contribution in [2.75, 3.05) is 19.5 Å². The molecule has 2 heterocycles. The van der Waals surface area contributed by atoms with Crippen LogP contribution in [-0.2, 0) is 0 Å². The number of nitrogens with one attached hydrogen (secondary N) is 1. The van der Waals surface area contributed by atoms with Crippen molar-refractivity contribution in [2.45, 2.75) is 18.5 Å². The fourth-order valence-corrected chi connectivity index (χ4v) is 3.30. The summed E-state index contributed by atoms with van der Waals surface area (Å²) in [5.41, 5.74) is 2.36. The third-order valence-electron chi connectivity index (χ3n) is 4.63. The summed E-state index contributed by atoms with van der Waals surface area (Å²) in [5.74, 6) is 2.48. The van der Waals surface area contributed by atoms with Gasteiger partial charge in [-0.2, -0.15) is 10.1 Å². The molecule has 2 atom stereocenters. The van der Waals surface area contributed by atoms with Gasteiger partial charge in [-0.05, 0) is 41.8 Å². The highest BCUT2D eigenvalue weighted by Crippen LogP contribution is 2.38. The van der Waals surface area contributed by atoms with Crippen molar-refractivity contribution in [1.82, 2.24) is 14.8 Å². The number of methoxy groups -OCH3 is 2. The van der Waals surface area contributed by atoms with Crippen LogP contribution in [0.3, 0.4) is 0 Å². The quantitative estimate of drug-likeness (QED) is 0.791. The highest BCUT2D eigenvalue weighted by atomic mass is 16.5. The zero-order chi connectivity index (χ0) is 17.2. The first kappa shape index (κ1) is 15.5. The van der Waals surface area contributed by atoms with E-state index in [1.165, 1.54) is 11.1 Å². The largest absolute Gasteiger partial charge is 0.497 e. The normalized spacial score (nSPS) is 19.0. The summed E-state index contributed by atoms with van der Waals surface area (Å²) in [7, 11) is 3.36. The van der Waals surface area contributed by atoms with Crippen molar-refractivity contribution in [3.05, 3.63) is 66.0 Å². The number of anilines is 1. The molecule has 0 bridgehead atoms. The van der Waals surface area contributed by atoms with E-state index in [2.05, 4.69) is 39.7 Å². The summed E-state index contributed by atoms with van der Waals surface area (Å²) in [6, 6.07) is 16.5. The van der Waals surface area contributed by atoms with Gasteiger partial charge < -0.3 is 14.8 Å². The van der Waals surface area contributed by atoms with Crippen molar-refractivity contribution in [1.29, 1.82) is 0 Å². The Hall–Kier alpha value is -3.02. The van der Waals surface area contributed by atoms with Gasteiger partial charge in [0.05, 0.1) is 26.3 Å². The fraction of sp³-hybridized carbons (Fsp3) is 0.263. The predicted octanol–water partition coefficient (Wildman–Crippen LogP) is 3.44. The van der Waals surface area contributed by atoms with E-state index < -0.39 is 0 Å². The Balaban J connectivity index is 1.69. The van der Waals surface area contributed by atoms with Gasteiger partial charge >= 0.3 is 0 Å². The number of aromatic nitrogens is 3. The molecule has 0 unspecified atom stereocenters. The SMILES string of the molecule is COc1ccc([C@H]2C[C@H](c3cccc(OC)c3)Nc3ncnn32)cc1. The molecule has 0 spiro atoms. The highest BCUT2D eigenvalue weighted by Gasteiger charge is 2.30. The summed E-state index contributed by atoms with van der Waals surface area (Å²) >= 11 is 0. The lowest BCUT2D eigenvalue weighted by atomic mass is 9.93. The minimum Gasteiger partial charge on any atom is -0.497 e. The number of hydrogen-bond donors (Lipinski definition) is 1. The Labute approximate surface area is 146 Å². The molecule has 0 amide bonds. The van der Waals surface area contributed by atoms with E-state index in [-0.39, 0.29) is 12.1 Å². The number of rotatable bonds is 4. The molecule has 6 heteroatoms. The number of hydrogen-bond acceptors (Lipinski definition) is 5. The van der Waals surface area contributed by atoms with E-state index >= 15 is 0 Å². The van der Waals surface area contributed by atoms with Crippen molar-refractivity contribution in [2.24, 2.45) is 0 Å². The number of ether oxygens (including phenoxy) is 2. The van der Waals surface area contributed by atoms with Crippen LogP contribution < -0.4 is 14.8 Å². The van der Waals surface area contributed by atoms with Gasteiger partial charge in [-0.3, -0.25) is 0 Å². The summed E-state index contributed by atoms with van der Waals surface area (Å²) < 4.78 is 12.6. The molecular weight excluding hydrogens is 316 g/mol. The third-order valence-corrected chi connectivity index (χ3v) is 4.63.